The lowest BCUT2D eigenvalue weighted by Crippen LogP contribution is -2.43. The van der Waals surface area contributed by atoms with E-state index in [0.29, 0.717) is 50.0 Å². The van der Waals surface area contributed by atoms with Gasteiger partial charge in [-0.05, 0) is 68.1 Å². The molecule has 0 atom stereocenters. The van der Waals surface area contributed by atoms with Gasteiger partial charge >= 0.3 is 6.11 Å². The molecule has 9 heteroatoms. The number of halogens is 5. The number of alkyl halides is 2. The predicted molar refractivity (Wildman–Crippen MR) is 138 cm³/mol. The molecule has 1 heterocycles. The Morgan fingerprint density at radius 3 is 1.98 bits per heavy atom. The van der Waals surface area contributed by atoms with Crippen molar-refractivity contribution in [2.75, 3.05) is 13.2 Å². The molecule has 0 spiro atoms. The average molecular weight is 564 g/mol. The van der Waals surface area contributed by atoms with Crippen molar-refractivity contribution in [1.82, 2.24) is 0 Å². The molecule has 3 aliphatic rings. The van der Waals surface area contributed by atoms with Gasteiger partial charge in [0.1, 0.15) is 29.3 Å². The summed E-state index contributed by atoms with van der Waals surface area (Å²) in [5.74, 6) is -3.25. The van der Waals surface area contributed by atoms with Gasteiger partial charge in [0, 0.05) is 24.0 Å². The second-order valence-corrected chi connectivity index (χ2v) is 11.7. The third-order valence-corrected chi connectivity index (χ3v) is 8.96. The van der Waals surface area contributed by atoms with Gasteiger partial charge in [-0.3, -0.25) is 0 Å². The molecule has 2 aromatic carbocycles. The van der Waals surface area contributed by atoms with E-state index in [-0.39, 0.29) is 29.9 Å². The molecule has 2 aromatic rings. The maximum absolute atomic E-state index is 15.1. The molecule has 0 unspecified atom stereocenters. The standard InChI is InChI=1S/C31H34F5NO3/c1-18-2-4-19(5-3-18)23-16-38-30(39-17-23)20-8-10-24(11-9-20)31(35,36)40-25-13-27(33)29(28(34)14-25)21-6-7-22(15-37)26(32)12-21/h6-7,12-14,18-20,23-24,30H,2-5,8-11,16-17H2,1H3. The van der Waals surface area contributed by atoms with Gasteiger partial charge in [0.05, 0.1) is 30.3 Å². The zero-order valence-corrected chi connectivity index (χ0v) is 22.5. The summed E-state index contributed by atoms with van der Waals surface area (Å²) in [5, 5.41) is 8.84. The van der Waals surface area contributed by atoms with Crippen molar-refractivity contribution in [2.45, 2.75) is 70.7 Å². The van der Waals surface area contributed by atoms with Gasteiger partial charge in [-0.1, -0.05) is 25.8 Å². The van der Waals surface area contributed by atoms with Gasteiger partial charge in [0.15, 0.2) is 6.29 Å². The first-order chi connectivity index (χ1) is 19.1. The minimum atomic E-state index is -3.64. The third kappa shape index (κ3) is 6.28. The Hall–Kier alpha value is -2.70. The normalized spacial score (nSPS) is 29.5. The van der Waals surface area contributed by atoms with Crippen LogP contribution in [-0.2, 0) is 9.47 Å². The Morgan fingerprint density at radius 2 is 1.40 bits per heavy atom. The zero-order chi connectivity index (χ0) is 28.4. The Bertz CT molecular complexity index is 1200. The SMILES string of the molecule is CC1CCC(C2COC(C3CCC(C(F)(F)Oc4cc(F)c(-c5ccc(C#N)c(F)c5)c(F)c4)CC3)OC2)CC1. The van der Waals surface area contributed by atoms with E-state index in [1.54, 1.807) is 6.07 Å². The minimum absolute atomic E-state index is 0.0152. The molecule has 0 N–H and O–H groups in total. The number of benzene rings is 2. The van der Waals surface area contributed by atoms with Crippen LogP contribution in [-0.4, -0.2) is 25.6 Å². The van der Waals surface area contributed by atoms with Crippen LogP contribution in [0.5, 0.6) is 5.75 Å². The van der Waals surface area contributed by atoms with Crippen molar-refractivity contribution in [3.8, 4) is 22.9 Å². The second kappa shape index (κ2) is 12.0. The smallest absolute Gasteiger partial charge is 0.400 e. The molecule has 0 aromatic heterocycles. The van der Waals surface area contributed by atoms with Crippen molar-refractivity contribution in [1.29, 1.82) is 5.26 Å². The molecule has 5 rings (SSSR count). The molecule has 216 valence electrons. The molecular weight excluding hydrogens is 529 g/mol. The lowest BCUT2D eigenvalue weighted by molar-refractivity contribution is -0.251. The number of hydrogen-bond acceptors (Lipinski definition) is 4. The minimum Gasteiger partial charge on any atom is -0.432 e. The lowest BCUT2D eigenvalue weighted by atomic mass is 9.76. The Kier molecular flexibility index (Phi) is 8.67. The van der Waals surface area contributed by atoms with Gasteiger partial charge in [-0.2, -0.15) is 14.0 Å². The van der Waals surface area contributed by atoms with E-state index in [2.05, 4.69) is 6.92 Å². The van der Waals surface area contributed by atoms with Crippen LogP contribution in [0.4, 0.5) is 22.0 Å². The molecular formula is C31H34F5NO3. The highest BCUT2D eigenvalue weighted by Crippen LogP contribution is 2.43. The Balaban J connectivity index is 1.15. The molecule has 0 bridgehead atoms. The zero-order valence-electron chi connectivity index (χ0n) is 22.5. The van der Waals surface area contributed by atoms with E-state index >= 15 is 8.78 Å². The van der Waals surface area contributed by atoms with E-state index < -0.39 is 47.1 Å². The van der Waals surface area contributed by atoms with Crippen LogP contribution in [0.2, 0.25) is 0 Å². The van der Waals surface area contributed by atoms with Crippen molar-refractivity contribution in [2.24, 2.45) is 29.6 Å². The summed E-state index contributed by atoms with van der Waals surface area (Å²) in [5.41, 5.74) is -1.03. The van der Waals surface area contributed by atoms with E-state index in [4.69, 9.17) is 19.5 Å². The van der Waals surface area contributed by atoms with Gasteiger partial charge < -0.3 is 14.2 Å². The van der Waals surface area contributed by atoms with E-state index in [9.17, 15) is 13.2 Å². The second-order valence-electron chi connectivity index (χ2n) is 11.7. The lowest BCUT2D eigenvalue weighted by Gasteiger charge is -2.41. The molecule has 3 fully saturated rings. The largest absolute Gasteiger partial charge is 0.432 e. The monoisotopic (exact) mass is 563 g/mol. The first kappa shape index (κ1) is 28.8. The highest BCUT2D eigenvalue weighted by atomic mass is 19.3. The maximum Gasteiger partial charge on any atom is 0.400 e. The van der Waals surface area contributed by atoms with Crippen LogP contribution in [0, 0.1) is 58.4 Å². The van der Waals surface area contributed by atoms with Gasteiger partial charge in [0.2, 0.25) is 0 Å². The summed E-state index contributed by atoms with van der Waals surface area (Å²) in [6.45, 7) is 3.58. The fourth-order valence-electron chi connectivity index (χ4n) is 6.45. The number of ether oxygens (including phenoxy) is 3. The van der Waals surface area contributed by atoms with E-state index in [1.165, 1.54) is 31.7 Å². The number of rotatable bonds is 6. The topological polar surface area (TPSA) is 51.5 Å². The summed E-state index contributed by atoms with van der Waals surface area (Å²) in [6, 6.07) is 6.07. The summed E-state index contributed by atoms with van der Waals surface area (Å²) in [6.07, 6.45) is 2.15. The van der Waals surface area contributed by atoms with Crippen molar-refractivity contribution in [3.05, 3.63) is 53.3 Å². The Morgan fingerprint density at radius 1 is 0.800 bits per heavy atom. The molecule has 2 aliphatic carbocycles. The number of nitriles is 1. The first-order valence-corrected chi connectivity index (χ1v) is 14.1. The number of nitrogens with zero attached hydrogens (tertiary/aromatic N) is 1. The van der Waals surface area contributed by atoms with Crippen LogP contribution >= 0.6 is 0 Å². The molecule has 2 saturated carbocycles. The maximum atomic E-state index is 15.1. The third-order valence-electron chi connectivity index (χ3n) is 8.96. The average Bonchev–Trinajstić information content (AvgIpc) is 2.93. The summed E-state index contributed by atoms with van der Waals surface area (Å²) in [7, 11) is 0. The Labute approximate surface area is 231 Å². The molecule has 0 amide bonds. The molecule has 1 aliphatic heterocycles. The van der Waals surface area contributed by atoms with Crippen molar-refractivity contribution >= 4 is 0 Å². The van der Waals surface area contributed by atoms with E-state index in [1.807, 2.05) is 0 Å². The summed E-state index contributed by atoms with van der Waals surface area (Å²) in [4.78, 5) is 0. The summed E-state index contributed by atoms with van der Waals surface area (Å²) < 4.78 is 90.6. The fourth-order valence-corrected chi connectivity index (χ4v) is 6.45. The van der Waals surface area contributed by atoms with Crippen LogP contribution < -0.4 is 4.74 Å². The van der Waals surface area contributed by atoms with Gasteiger partial charge in [0.25, 0.3) is 0 Å². The van der Waals surface area contributed by atoms with Crippen LogP contribution in [0.25, 0.3) is 11.1 Å². The van der Waals surface area contributed by atoms with Crippen molar-refractivity contribution < 1.29 is 36.2 Å². The molecule has 1 saturated heterocycles. The highest BCUT2D eigenvalue weighted by Gasteiger charge is 2.46. The quantitative estimate of drug-likeness (QED) is 0.332. The first-order valence-electron chi connectivity index (χ1n) is 14.1. The van der Waals surface area contributed by atoms with Crippen LogP contribution in [0.15, 0.2) is 30.3 Å². The van der Waals surface area contributed by atoms with Gasteiger partial charge in [-0.15, -0.1) is 0 Å². The number of hydrogen-bond donors (Lipinski definition) is 0. The molecule has 4 nitrogen and oxygen atoms in total. The van der Waals surface area contributed by atoms with E-state index in [0.717, 1.165) is 18.1 Å². The van der Waals surface area contributed by atoms with Gasteiger partial charge in [-0.25, -0.2) is 13.2 Å². The molecule has 0 radical (unpaired) electrons. The van der Waals surface area contributed by atoms with Crippen LogP contribution in [0.1, 0.15) is 63.9 Å². The van der Waals surface area contributed by atoms with Crippen LogP contribution in [0.3, 0.4) is 0 Å². The highest BCUT2D eigenvalue weighted by molar-refractivity contribution is 5.67. The summed E-state index contributed by atoms with van der Waals surface area (Å²) >= 11 is 0. The van der Waals surface area contributed by atoms with Crippen molar-refractivity contribution in [3.63, 3.8) is 0 Å². The predicted octanol–water partition coefficient (Wildman–Crippen LogP) is 8.24. The fraction of sp³-hybridized carbons (Fsp3) is 0.581. The molecule has 40 heavy (non-hydrogen) atoms.